The summed E-state index contributed by atoms with van der Waals surface area (Å²) >= 11 is 0. The minimum atomic E-state index is 0.0831. The van der Waals surface area contributed by atoms with Gasteiger partial charge in [-0.15, -0.1) is 0 Å². The van der Waals surface area contributed by atoms with Crippen LogP contribution in [0.4, 0.5) is 0 Å². The fourth-order valence-corrected chi connectivity index (χ4v) is 1.61. The number of rotatable bonds is 10. The van der Waals surface area contributed by atoms with Gasteiger partial charge in [-0.25, -0.2) is 0 Å². The Hall–Kier alpha value is -0.570. The lowest BCUT2D eigenvalue weighted by Gasteiger charge is -2.07. The molecule has 0 unspecified atom stereocenters. The van der Waals surface area contributed by atoms with Crippen LogP contribution in [0.25, 0.3) is 0 Å². The van der Waals surface area contributed by atoms with E-state index in [1.54, 1.807) is 6.92 Å². The highest BCUT2D eigenvalue weighted by Gasteiger charge is 1.94. The molecule has 0 atom stereocenters. The van der Waals surface area contributed by atoms with Gasteiger partial charge < -0.3 is 10.6 Å². The quantitative estimate of drug-likeness (QED) is 0.564. The molecule has 96 valence electrons. The maximum absolute atomic E-state index is 10.6. The second kappa shape index (κ2) is 10.9. The summed E-state index contributed by atoms with van der Waals surface area (Å²) in [5.74, 6) is 0.0831. The molecular formula is C13H28N2O. The second-order valence-corrected chi connectivity index (χ2v) is 4.71. The summed E-state index contributed by atoms with van der Waals surface area (Å²) in [5.41, 5.74) is 0. The molecular weight excluding hydrogens is 200 g/mol. The number of nitrogens with one attached hydrogen (secondary N) is 2. The molecule has 0 aromatic heterocycles. The first-order valence-electron chi connectivity index (χ1n) is 6.60. The molecule has 16 heavy (non-hydrogen) atoms. The molecule has 0 saturated carbocycles. The van der Waals surface area contributed by atoms with Crippen LogP contribution in [0.15, 0.2) is 0 Å². The van der Waals surface area contributed by atoms with E-state index < -0.39 is 0 Å². The van der Waals surface area contributed by atoms with Gasteiger partial charge in [0.2, 0.25) is 5.91 Å². The molecule has 0 fully saturated rings. The van der Waals surface area contributed by atoms with E-state index in [0.29, 0.717) is 6.04 Å². The van der Waals surface area contributed by atoms with Gasteiger partial charge in [-0.3, -0.25) is 4.79 Å². The lowest BCUT2D eigenvalue weighted by molar-refractivity contribution is -0.118. The van der Waals surface area contributed by atoms with Gasteiger partial charge >= 0.3 is 0 Å². The van der Waals surface area contributed by atoms with Crippen LogP contribution in [0.3, 0.4) is 0 Å². The Labute approximate surface area is 100 Å². The van der Waals surface area contributed by atoms with E-state index >= 15 is 0 Å². The fraction of sp³-hybridized carbons (Fsp3) is 0.923. The molecule has 2 N–H and O–H groups in total. The Morgan fingerprint density at radius 3 is 1.94 bits per heavy atom. The monoisotopic (exact) mass is 228 g/mol. The maximum atomic E-state index is 10.6. The highest BCUT2D eigenvalue weighted by molar-refractivity contribution is 5.72. The van der Waals surface area contributed by atoms with Gasteiger partial charge in [-0.1, -0.05) is 39.5 Å². The topological polar surface area (TPSA) is 41.1 Å². The largest absolute Gasteiger partial charge is 0.356 e. The zero-order valence-corrected chi connectivity index (χ0v) is 11.1. The second-order valence-electron chi connectivity index (χ2n) is 4.71. The van der Waals surface area contributed by atoms with Gasteiger partial charge in [-0.05, 0) is 19.4 Å². The summed E-state index contributed by atoms with van der Waals surface area (Å²) in [5, 5.41) is 6.24. The molecule has 0 spiro atoms. The van der Waals surface area contributed by atoms with Crippen molar-refractivity contribution in [3.8, 4) is 0 Å². The number of unbranched alkanes of at least 4 members (excludes halogenated alkanes) is 5. The molecule has 0 aliphatic heterocycles. The molecule has 3 nitrogen and oxygen atoms in total. The molecule has 0 bridgehead atoms. The van der Waals surface area contributed by atoms with E-state index in [9.17, 15) is 4.79 Å². The average Bonchev–Trinajstić information content (AvgIpc) is 2.20. The van der Waals surface area contributed by atoms with Crippen LogP contribution in [0.2, 0.25) is 0 Å². The number of carbonyl (C=O) groups excluding carboxylic acids is 1. The van der Waals surface area contributed by atoms with Crippen molar-refractivity contribution in [2.24, 2.45) is 0 Å². The highest BCUT2D eigenvalue weighted by atomic mass is 16.1. The maximum Gasteiger partial charge on any atom is 0.216 e. The molecule has 0 aliphatic carbocycles. The van der Waals surface area contributed by atoms with Crippen molar-refractivity contribution in [2.45, 2.75) is 65.3 Å². The first kappa shape index (κ1) is 15.4. The molecule has 0 saturated heterocycles. The van der Waals surface area contributed by atoms with Gasteiger partial charge in [0.05, 0.1) is 0 Å². The third kappa shape index (κ3) is 13.4. The van der Waals surface area contributed by atoms with Crippen LogP contribution in [0, 0.1) is 0 Å². The Morgan fingerprint density at radius 2 is 1.44 bits per heavy atom. The van der Waals surface area contributed by atoms with Crippen molar-refractivity contribution in [1.82, 2.24) is 10.6 Å². The molecule has 1 amide bonds. The zero-order chi connectivity index (χ0) is 12.2. The van der Waals surface area contributed by atoms with E-state index in [0.717, 1.165) is 19.5 Å². The lowest BCUT2D eigenvalue weighted by atomic mass is 10.1. The van der Waals surface area contributed by atoms with Crippen LogP contribution in [0.1, 0.15) is 59.3 Å². The summed E-state index contributed by atoms with van der Waals surface area (Å²) in [6.45, 7) is 7.92. The van der Waals surface area contributed by atoms with Crippen molar-refractivity contribution < 1.29 is 4.79 Å². The fourth-order valence-electron chi connectivity index (χ4n) is 1.61. The third-order valence-corrected chi connectivity index (χ3v) is 2.53. The molecule has 0 aromatic rings. The normalized spacial score (nSPS) is 10.8. The first-order valence-corrected chi connectivity index (χ1v) is 6.60. The van der Waals surface area contributed by atoms with Gasteiger partial charge in [0.25, 0.3) is 0 Å². The van der Waals surface area contributed by atoms with Crippen LogP contribution >= 0.6 is 0 Å². The van der Waals surface area contributed by atoms with Crippen molar-refractivity contribution in [2.75, 3.05) is 13.1 Å². The van der Waals surface area contributed by atoms with E-state index in [1.807, 2.05) is 0 Å². The first-order chi connectivity index (χ1) is 7.63. The van der Waals surface area contributed by atoms with Gasteiger partial charge in [0, 0.05) is 19.5 Å². The summed E-state index contributed by atoms with van der Waals surface area (Å²) in [6.07, 6.45) is 7.56. The van der Waals surface area contributed by atoms with Gasteiger partial charge in [0.15, 0.2) is 0 Å². The van der Waals surface area contributed by atoms with Crippen molar-refractivity contribution in [3.63, 3.8) is 0 Å². The SMILES string of the molecule is CC(=O)NCCCCCCCCNC(C)C. The van der Waals surface area contributed by atoms with Crippen molar-refractivity contribution in [1.29, 1.82) is 0 Å². The summed E-state index contributed by atoms with van der Waals surface area (Å²) in [7, 11) is 0. The van der Waals surface area contributed by atoms with E-state index in [4.69, 9.17) is 0 Å². The molecule has 0 heterocycles. The van der Waals surface area contributed by atoms with Crippen LogP contribution in [0.5, 0.6) is 0 Å². The standard InChI is InChI=1S/C13H28N2O/c1-12(2)14-10-8-6-4-5-7-9-11-15-13(3)16/h12,14H,4-11H2,1-3H3,(H,15,16). The summed E-state index contributed by atoms with van der Waals surface area (Å²) in [4.78, 5) is 10.6. The number of amides is 1. The van der Waals surface area contributed by atoms with E-state index in [1.165, 1.54) is 32.1 Å². The van der Waals surface area contributed by atoms with Crippen molar-refractivity contribution in [3.05, 3.63) is 0 Å². The van der Waals surface area contributed by atoms with E-state index in [2.05, 4.69) is 24.5 Å². The third-order valence-electron chi connectivity index (χ3n) is 2.53. The highest BCUT2D eigenvalue weighted by Crippen LogP contribution is 2.04. The Bertz CT molecular complexity index is 169. The number of hydrogen-bond acceptors (Lipinski definition) is 2. The van der Waals surface area contributed by atoms with Crippen LogP contribution in [-0.2, 0) is 4.79 Å². The predicted molar refractivity (Wildman–Crippen MR) is 69.5 cm³/mol. The smallest absolute Gasteiger partial charge is 0.216 e. The average molecular weight is 228 g/mol. The van der Waals surface area contributed by atoms with E-state index in [-0.39, 0.29) is 5.91 Å². The Balaban J connectivity index is 2.96. The van der Waals surface area contributed by atoms with Crippen LogP contribution < -0.4 is 10.6 Å². The molecule has 3 heteroatoms. The Kier molecular flexibility index (Phi) is 10.5. The lowest BCUT2D eigenvalue weighted by Crippen LogP contribution is -2.23. The molecule has 0 aromatic carbocycles. The molecule has 0 radical (unpaired) electrons. The molecule has 0 rings (SSSR count). The van der Waals surface area contributed by atoms with Crippen molar-refractivity contribution >= 4 is 5.91 Å². The Morgan fingerprint density at radius 1 is 0.938 bits per heavy atom. The van der Waals surface area contributed by atoms with Gasteiger partial charge in [-0.2, -0.15) is 0 Å². The number of carbonyl (C=O) groups is 1. The van der Waals surface area contributed by atoms with Crippen LogP contribution in [-0.4, -0.2) is 25.0 Å². The minimum absolute atomic E-state index is 0.0831. The minimum Gasteiger partial charge on any atom is -0.356 e. The number of hydrogen-bond donors (Lipinski definition) is 2. The molecule has 0 aliphatic rings. The zero-order valence-electron chi connectivity index (χ0n) is 11.1. The van der Waals surface area contributed by atoms with Gasteiger partial charge in [0.1, 0.15) is 0 Å². The predicted octanol–water partition coefficient (Wildman–Crippen LogP) is 2.46. The summed E-state index contributed by atoms with van der Waals surface area (Å²) in [6, 6.07) is 0.609. The summed E-state index contributed by atoms with van der Waals surface area (Å²) < 4.78 is 0.